The minimum atomic E-state index is -0.322. The number of carbonyl (C=O) groups is 1. The summed E-state index contributed by atoms with van der Waals surface area (Å²) in [4.78, 5) is 16.6. The molecule has 3 rings (SSSR count). The molecule has 2 aromatic carbocycles. The van der Waals surface area contributed by atoms with Crippen LogP contribution in [0.15, 0.2) is 47.8 Å². The fraction of sp³-hybridized carbons (Fsp3) is 0. The third kappa shape index (κ3) is 3.88. The Morgan fingerprint density at radius 3 is 2.83 bits per heavy atom. The van der Waals surface area contributed by atoms with E-state index in [0.717, 1.165) is 3.57 Å². The van der Waals surface area contributed by atoms with Crippen LogP contribution in [0.1, 0.15) is 10.4 Å². The van der Waals surface area contributed by atoms with Crippen LogP contribution in [0.5, 0.6) is 0 Å². The van der Waals surface area contributed by atoms with E-state index in [0.29, 0.717) is 27.0 Å². The van der Waals surface area contributed by atoms with Gasteiger partial charge in [0.2, 0.25) is 0 Å². The van der Waals surface area contributed by atoms with Gasteiger partial charge in [-0.3, -0.25) is 10.1 Å². The zero-order valence-electron chi connectivity index (χ0n) is 11.5. The fourth-order valence-electron chi connectivity index (χ4n) is 1.95. The number of amides is 1. The number of anilines is 1. The first-order valence-corrected chi connectivity index (χ1v) is 8.84. The third-order valence-corrected chi connectivity index (χ3v) is 4.91. The first-order valence-electron chi connectivity index (χ1n) is 6.51. The normalized spacial score (nSPS) is 10.6. The van der Waals surface area contributed by atoms with Crippen molar-refractivity contribution in [2.45, 2.75) is 0 Å². The summed E-state index contributed by atoms with van der Waals surface area (Å²) in [5, 5.41) is 5.56. The Kier molecular flexibility index (Phi) is 4.93. The van der Waals surface area contributed by atoms with Crippen LogP contribution < -0.4 is 5.32 Å². The molecule has 116 valence electrons. The van der Waals surface area contributed by atoms with Crippen molar-refractivity contribution in [2.75, 3.05) is 5.32 Å². The molecule has 0 aliphatic heterocycles. The van der Waals surface area contributed by atoms with Gasteiger partial charge in [-0.05, 0) is 52.9 Å². The van der Waals surface area contributed by atoms with Gasteiger partial charge in [0.05, 0.1) is 11.3 Å². The standard InChI is InChI=1S/C16H9ClFIN2OS/c17-10-4-5-12(13(19)7-10)15(22)21-16-20-14(8-23-16)9-2-1-3-11(18)6-9/h1-8H,(H,20,21,22). The predicted octanol–water partition coefficient (Wildman–Crippen LogP) is 5.46. The first-order chi connectivity index (χ1) is 11.0. The second-order valence-corrected chi connectivity index (χ2v) is 7.08. The van der Waals surface area contributed by atoms with Crippen LogP contribution in [-0.2, 0) is 0 Å². The van der Waals surface area contributed by atoms with Crippen molar-refractivity contribution in [2.24, 2.45) is 0 Å². The molecule has 1 heterocycles. The van der Waals surface area contributed by atoms with E-state index in [9.17, 15) is 9.18 Å². The molecule has 0 bridgehead atoms. The summed E-state index contributed by atoms with van der Waals surface area (Å²) in [5.74, 6) is -0.581. The average molecular weight is 459 g/mol. The van der Waals surface area contributed by atoms with E-state index < -0.39 is 0 Å². The Morgan fingerprint density at radius 1 is 1.26 bits per heavy atom. The highest BCUT2D eigenvalue weighted by atomic mass is 127. The summed E-state index contributed by atoms with van der Waals surface area (Å²) in [6, 6.07) is 11.2. The number of rotatable bonds is 3. The van der Waals surface area contributed by atoms with E-state index in [4.69, 9.17) is 11.6 Å². The molecule has 0 spiro atoms. The summed E-state index contributed by atoms with van der Waals surface area (Å²) in [5.41, 5.74) is 1.82. The molecule has 3 aromatic rings. The highest BCUT2D eigenvalue weighted by molar-refractivity contribution is 14.1. The molecule has 0 unspecified atom stereocenters. The minimum absolute atomic E-state index is 0.258. The van der Waals surface area contributed by atoms with Crippen LogP contribution in [0, 0.1) is 9.39 Å². The number of benzene rings is 2. The quantitative estimate of drug-likeness (QED) is 0.530. The molecule has 3 nitrogen and oxygen atoms in total. The maximum absolute atomic E-state index is 13.3. The number of halogens is 3. The van der Waals surface area contributed by atoms with E-state index in [1.807, 2.05) is 0 Å². The average Bonchev–Trinajstić information content (AvgIpc) is 2.95. The molecule has 1 N–H and O–H groups in total. The largest absolute Gasteiger partial charge is 0.298 e. The lowest BCUT2D eigenvalue weighted by molar-refractivity contribution is 0.102. The van der Waals surface area contributed by atoms with E-state index in [2.05, 4.69) is 32.9 Å². The molecule has 1 aromatic heterocycles. The van der Waals surface area contributed by atoms with Crippen molar-refractivity contribution >= 4 is 56.6 Å². The first kappa shape index (κ1) is 16.4. The van der Waals surface area contributed by atoms with Crippen molar-refractivity contribution in [3.05, 3.63) is 67.8 Å². The number of hydrogen-bond acceptors (Lipinski definition) is 3. The van der Waals surface area contributed by atoms with Crippen molar-refractivity contribution in [3.63, 3.8) is 0 Å². The summed E-state index contributed by atoms with van der Waals surface area (Å²) in [7, 11) is 0. The molecular formula is C16H9ClFIN2OS. The lowest BCUT2D eigenvalue weighted by atomic mass is 10.2. The fourth-order valence-corrected chi connectivity index (χ4v) is 3.78. The Balaban J connectivity index is 1.80. The molecule has 7 heteroatoms. The van der Waals surface area contributed by atoms with Crippen molar-refractivity contribution in [1.29, 1.82) is 0 Å². The van der Waals surface area contributed by atoms with E-state index >= 15 is 0 Å². The van der Waals surface area contributed by atoms with Gasteiger partial charge in [-0.2, -0.15) is 0 Å². The van der Waals surface area contributed by atoms with Crippen LogP contribution in [-0.4, -0.2) is 10.9 Å². The third-order valence-electron chi connectivity index (χ3n) is 3.02. The molecule has 0 aliphatic carbocycles. The number of nitrogens with one attached hydrogen (secondary N) is 1. The van der Waals surface area contributed by atoms with Gasteiger partial charge in [0, 0.05) is 19.5 Å². The molecular weight excluding hydrogens is 450 g/mol. The SMILES string of the molecule is O=C(Nc1nc(-c2cccc(F)c2)cs1)c1ccc(Cl)cc1I. The molecule has 1 amide bonds. The summed E-state index contributed by atoms with van der Waals surface area (Å²) < 4.78 is 14.0. The van der Waals surface area contributed by atoms with Crippen LogP contribution >= 0.6 is 45.5 Å². The van der Waals surface area contributed by atoms with Crippen LogP contribution in [0.3, 0.4) is 0 Å². The van der Waals surface area contributed by atoms with Crippen molar-refractivity contribution in [1.82, 2.24) is 4.98 Å². The Bertz CT molecular complexity index is 884. The van der Waals surface area contributed by atoms with Gasteiger partial charge in [-0.1, -0.05) is 23.7 Å². The Labute approximate surface area is 154 Å². The van der Waals surface area contributed by atoms with Crippen molar-refractivity contribution in [3.8, 4) is 11.3 Å². The lowest BCUT2D eigenvalue weighted by Gasteiger charge is -2.04. The van der Waals surface area contributed by atoms with Gasteiger partial charge < -0.3 is 0 Å². The maximum atomic E-state index is 13.3. The lowest BCUT2D eigenvalue weighted by Crippen LogP contribution is -2.13. The Hall–Kier alpha value is -1.51. The Morgan fingerprint density at radius 2 is 2.09 bits per heavy atom. The molecule has 0 saturated heterocycles. The number of aromatic nitrogens is 1. The highest BCUT2D eigenvalue weighted by Gasteiger charge is 2.13. The second-order valence-electron chi connectivity index (χ2n) is 4.63. The molecule has 0 atom stereocenters. The number of nitrogens with zero attached hydrogens (tertiary/aromatic N) is 1. The van der Waals surface area contributed by atoms with Crippen LogP contribution in [0.4, 0.5) is 9.52 Å². The van der Waals surface area contributed by atoms with Crippen molar-refractivity contribution < 1.29 is 9.18 Å². The second kappa shape index (κ2) is 6.94. The predicted molar refractivity (Wildman–Crippen MR) is 99.6 cm³/mol. The summed E-state index contributed by atoms with van der Waals surface area (Å²) in [6.45, 7) is 0. The number of carbonyl (C=O) groups excluding carboxylic acids is 1. The van der Waals surface area contributed by atoms with Gasteiger partial charge in [0.15, 0.2) is 5.13 Å². The van der Waals surface area contributed by atoms with Crippen LogP contribution in [0.2, 0.25) is 5.02 Å². The van der Waals surface area contributed by atoms with Gasteiger partial charge >= 0.3 is 0 Å². The molecule has 0 fully saturated rings. The minimum Gasteiger partial charge on any atom is -0.298 e. The van der Waals surface area contributed by atoms with Gasteiger partial charge in [0.1, 0.15) is 5.82 Å². The molecule has 23 heavy (non-hydrogen) atoms. The van der Waals surface area contributed by atoms with Gasteiger partial charge in [0.25, 0.3) is 5.91 Å². The van der Waals surface area contributed by atoms with E-state index in [1.54, 1.807) is 35.7 Å². The number of thiazole rings is 1. The number of hydrogen-bond donors (Lipinski definition) is 1. The van der Waals surface area contributed by atoms with E-state index in [1.165, 1.54) is 23.5 Å². The van der Waals surface area contributed by atoms with Gasteiger partial charge in [-0.15, -0.1) is 11.3 Å². The smallest absolute Gasteiger partial charge is 0.258 e. The zero-order valence-corrected chi connectivity index (χ0v) is 15.2. The van der Waals surface area contributed by atoms with Gasteiger partial charge in [-0.25, -0.2) is 9.37 Å². The highest BCUT2D eigenvalue weighted by Crippen LogP contribution is 2.26. The summed E-state index contributed by atoms with van der Waals surface area (Å²) in [6.07, 6.45) is 0. The van der Waals surface area contributed by atoms with E-state index in [-0.39, 0.29) is 11.7 Å². The monoisotopic (exact) mass is 458 g/mol. The zero-order chi connectivity index (χ0) is 16.4. The molecule has 0 radical (unpaired) electrons. The topological polar surface area (TPSA) is 42.0 Å². The summed E-state index contributed by atoms with van der Waals surface area (Å²) >= 11 is 9.23. The molecule has 0 aliphatic rings. The van der Waals surface area contributed by atoms with Crippen LogP contribution in [0.25, 0.3) is 11.3 Å². The maximum Gasteiger partial charge on any atom is 0.258 e. The molecule has 0 saturated carbocycles.